The van der Waals surface area contributed by atoms with Gasteiger partial charge in [0.15, 0.2) is 5.82 Å². The van der Waals surface area contributed by atoms with E-state index in [1.54, 1.807) is 4.68 Å². The molecule has 5 nitrogen and oxygen atoms in total. The van der Waals surface area contributed by atoms with E-state index in [0.717, 1.165) is 37.6 Å². The van der Waals surface area contributed by atoms with Crippen LogP contribution in [0.1, 0.15) is 47.1 Å². The molecule has 3 heterocycles. The predicted octanol–water partition coefficient (Wildman–Crippen LogP) is 4.06. The molecule has 24 heavy (non-hydrogen) atoms. The van der Waals surface area contributed by atoms with Crippen molar-refractivity contribution in [3.05, 3.63) is 36.3 Å². The van der Waals surface area contributed by atoms with Gasteiger partial charge in [0.2, 0.25) is 0 Å². The fourth-order valence-corrected chi connectivity index (χ4v) is 2.16. The molecule has 0 atom stereocenters. The second-order valence-corrected chi connectivity index (χ2v) is 4.57. The first-order chi connectivity index (χ1) is 11.8. The van der Waals surface area contributed by atoms with Crippen LogP contribution in [0.25, 0.3) is 5.82 Å². The third-order valence-corrected chi connectivity index (χ3v) is 3.16. The molecule has 1 N–H and O–H groups in total. The molecular weight excluding hydrogens is 298 g/mol. The lowest BCUT2D eigenvalue weighted by atomic mass is 10.3. The van der Waals surface area contributed by atoms with Gasteiger partial charge in [0.05, 0.1) is 18.1 Å². The van der Waals surface area contributed by atoms with Crippen LogP contribution >= 0.6 is 0 Å². The summed E-state index contributed by atoms with van der Waals surface area (Å²) in [5.74, 6) is 0.863. The molecule has 1 aliphatic rings. The van der Waals surface area contributed by atoms with Crippen LogP contribution in [0.3, 0.4) is 0 Å². The molecule has 136 valence electrons. The fourth-order valence-electron chi connectivity index (χ4n) is 2.16. The molecule has 0 amide bonds. The van der Waals surface area contributed by atoms with E-state index in [-0.39, 0.29) is 0 Å². The Hall–Kier alpha value is -1.88. The summed E-state index contributed by atoms with van der Waals surface area (Å²) in [7, 11) is 0. The number of hydrogen-bond acceptors (Lipinski definition) is 4. The van der Waals surface area contributed by atoms with Crippen molar-refractivity contribution in [2.45, 2.75) is 48.5 Å². The van der Waals surface area contributed by atoms with E-state index in [0.29, 0.717) is 0 Å². The average molecular weight is 334 g/mol. The van der Waals surface area contributed by atoms with Gasteiger partial charge in [0, 0.05) is 32.4 Å². The maximum atomic E-state index is 4.48. The lowest BCUT2D eigenvalue weighted by molar-refractivity contribution is 0.588. The minimum atomic E-state index is 0.863. The molecule has 0 bridgehead atoms. The summed E-state index contributed by atoms with van der Waals surface area (Å²) in [6, 6.07) is 4.13. The number of aryl methyl sites for hydroxylation is 1. The topological polar surface area (TPSA) is 46.0 Å². The molecule has 0 saturated carbocycles. The minimum Gasteiger partial charge on any atom is -0.368 e. The Kier molecular flexibility index (Phi) is 12.5. The van der Waals surface area contributed by atoms with Gasteiger partial charge in [0.1, 0.15) is 0 Å². The molecule has 1 saturated heterocycles. The highest BCUT2D eigenvalue weighted by Gasteiger charge is 2.10. The summed E-state index contributed by atoms with van der Waals surface area (Å²) in [5, 5.41) is 7.61. The van der Waals surface area contributed by atoms with E-state index >= 15 is 0 Å². The fraction of sp³-hybridized carbons (Fsp3) is 0.579. The van der Waals surface area contributed by atoms with E-state index in [4.69, 9.17) is 0 Å². The van der Waals surface area contributed by atoms with Crippen molar-refractivity contribution in [2.24, 2.45) is 0 Å². The average Bonchev–Trinajstić information content (AvgIpc) is 3.14. The Balaban J connectivity index is 0.000000798. The minimum absolute atomic E-state index is 0.863. The highest BCUT2D eigenvalue weighted by Crippen LogP contribution is 2.15. The molecular formula is C19H35N5. The quantitative estimate of drug-likeness (QED) is 0.900. The molecule has 0 aliphatic carbocycles. The molecule has 0 unspecified atom stereocenters. The van der Waals surface area contributed by atoms with Crippen molar-refractivity contribution < 1.29 is 0 Å². The molecule has 0 aromatic carbocycles. The number of anilines is 1. The number of hydrogen-bond donors (Lipinski definition) is 1. The highest BCUT2D eigenvalue weighted by molar-refractivity contribution is 5.47. The summed E-state index contributed by atoms with van der Waals surface area (Å²) in [5.41, 5.74) is 2.33. The van der Waals surface area contributed by atoms with E-state index in [1.165, 1.54) is 5.69 Å². The maximum Gasteiger partial charge on any atom is 0.153 e. The van der Waals surface area contributed by atoms with Crippen LogP contribution < -0.4 is 10.2 Å². The van der Waals surface area contributed by atoms with Gasteiger partial charge >= 0.3 is 0 Å². The Morgan fingerprint density at radius 2 is 1.54 bits per heavy atom. The first-order valence-corrected chi connectivity index (χ1v) is 9.26. The zero-order valence-corrected chi connectivity index (χ0v) is 16.5. The summed E-state index contributed by atoms with van der Waals surface area (Å²) in [6.07, 6.45) is 5.75. The summed E-state index contributed by atoms with van der Waals surface area (Å²) in [6.45, 7) is 18.2. The van der Waals surface area contributed by atoms with Crippen LogP contribution in [-0.4, -0.2) is 40.9 Å². The number of rotatable bonds is 2. The van der Waals surface area contributed by atoms with Crippen LogP contribution in [0.4, 0.5) is 5.69 Å². The van der Waals surface area contributed by atoms with Gasteiger partial charge in [-0.2, -0.15) is 5.10 Å². The zero-order valence-electron chi connectivity index (χ0n) is 16.5. The van der Waals surface area contributed by atoms with E-state index < -0.39 is 0 Å². The number of aromatic nitrogens is 3. The van der Waals surface area contributed by atoms with Crippen molar-refractivity contribution in [1.29, 1.82) is 0 Å². The lowest BCUT2D eigenvalue weighted by Gasteiger charge is -2.29. The second-order valence-electron chi connectivity index (χ2n) is 4.57. The van der Waals surface area contributed by atoms with Gasteiger partial charge in [-0.15, -0.1) is 0 Å². The number of nitrogens with one attached hydrogen (secondary N) is 1. The third kappa shape index (κ3) is 6.71. The maximum absolute atomic E-state index is 4.48. The largest absolute Gasteiger partial charge is 0.368 e. The Labute approximate surface area is 148 Å². The number of piperazine rings is 1. The zero-order chi connectivity index (χ0) is 18.4. The highest BCUT2D eigenvalue weighted by atomic mass is 15.3. The SMILES string of the molecule is CC.CC.CC.Cc1cnn(-c2ccc(N3CCNCC3)cn2)c1. The monoisotopic (exact) mass is 333 g/mol. The van der Waals surface area contributed by atoms with Crippen LogP contribution in [0.2, 0.25) is 0 Å². The van der Waals surface area contributed by atoms with Crippen LogP contribution in [-0.2, 0) is 0 Å². The molecule has 0 radical (unpaired) electrons. The molecule has 5 heteroatoms. The third-order valence-electron chi connectivity index (χ3n) is 3.16. The molecule has 2 aromatic heterocycles. The van der Waals surface area contributed by atoms with Crippen molar-refractivity contribution in [1.82, 2.24) is 20.1 Å². The van der Waals surface area contributed by atoms with Gasteiger partial charge in [0.25, 0.3) is 0 Å². The van der Waals surface area contributed by atoms with Gasteiger partial charge in [-0.25, -0.2) is 9.67 Å². The Morgan fingerprint density at radius 1 is 0.917 bits per heavy atom. The van der Waals surface area contributed by atoms with Crippen LogP contribution in [0, 0.1) is 6.92 Å². The summed E-state index contributed by atoms with van der Waals surface area (Å²) < 4.78 is 1.80. The van der Waals surface area contributed by atoms with Crippen molar-refractivity contribution in [2.75, 3.05) is 31.1 Å². The first kappa shape index (κ1) is 22.1. The molecule has 1 fully saturated rings. The lowest BCUT2D eigenvalue weighted by Crippen LogP contribution is -2.43. The molecule has 1 aliphatic heterocycles. The molecule has 2 aromatic rings. The Morgan fingerprint density at radius 3 is 2.00 bits per heavy atom. The number of pyridine rings is 1. The standard InChI is InChI=1S/C13H17N5.3C2H6/c1-11-8-16-18(10-11)13-3-2-12(9-15-13)17-6-4-14-5-7-17;3*1-2/h2-3,8-10,14H,4-7H2,1H3;3*1-2H3. The van der Waals surface area contributed by atoms with Gasteiger partial charge in [-0.05, 0) is 24.6 Å². The van der Waals surface area contributed by atoms with E-state index in [1.807, 2.05) is 73.1 Å². The predicted molar refractivity (Wildman–Crippen MR) is 105 cm³/mol. The summed E-state index contributed by atoms with van der Waals surface area (Å²) in [4.78, 5) is 6.82. The first-order valence-electron chi connectivity index (χ1n) is 9.26. The van der Waals surface area contributed by atoms with Gasteiger partial charge in [-0.3, -0.25) is 0 Å². The van der Waals surface area contributed by atoms with Crippen LogP contribution in [0.5, 0.6) is 0 Å². The van der Waals surface area contributed by atoms with Gasteiger partial charge in [-0.1, -0.05) is 41.5 Å². The van der Waals surface area contributed by atoms with Gasteiger partial charge < -0.3 is 10.2 Å². The van der Waals surface area contributed by atoms with Crippen LogP contribution in [0.15, 0.2) is 30.7 Å². The van der Waals surface area contributed by atoms with Crippen molar-refractivity contribution in [3.63, 3.8) is 0 Å². The summed E-state index contributed by atoms with van der Waals surface area (Å²) >= 11 is 0. The Bertz CT molecular complexity index is 513. The second kappa shape index (κ2) is 13.5. The van der Waals surface area contributed by atoms with Crippen molar-refractivity contribution in [3.8, 4) is 5.82 Å². The number of nitrogens with zero attached hydrogens (tertiary/aromatic N) is 4. The van der Waals surface area contributed by atoms with E-state index in [2.05, 4.69) is 26.4 Å². The molecule has 0 spiro atoms. The van der Waals surface area contributed by atoms with Crippen molar-refractivity contribution >= 4 is 5.69 Å². The molecule has 3 rings (SSSR count). The normalized spacial score (nSPS) is 12.7. The van der Waals surface area contributed by atoms with E-state index in [9.17, 15) is 0 Å². The smallest absolute Gasteiger partial charge is 0.153 e.